The molecular formula is C14H32. The highest BCUT2D eigenvalue weighted by Gasteiger charge is 1.76. The summed E-state index contributed by atoms with van der Waals surface area (Å²) in [5.41, 5.74) is 0. The van der Waals surface area contributed by atoms with Gasteiger partial charge in [0, 0.05) is 0 Å². The molecule has 0 atom stereocenters. The van der Waals surface area contributed by atoms with Gasteiger partial charge < -0.3 is 0 Å². The maximum absolute atomic E-state index is 2.18. The Balaban J connectivity index is -0.0000000542. The minimum atomic E-state index is 1.14. The molecule has 1 rings (SSSR count). The second-order valence-corrected chi connectivity index (χ2v) is 1.41. The van der Waals surface area contributed by atoms with E-state index in [0.717, 1.165) is 12.8 Å². The fourth-order valence-electron chi connectivity index (χ4n) is 0.542. The molecule has 0 aromatic heterocycles. The summed E-state index contributed by atoms with van der Waals surface area (Å²) in [5, 5.41) is 0. The van der Waals surface area contributed by atoms with Crippen LogP contribution in [0.15, 0.2) is 24.3 Å². The molecule has 0 N–H and O–H groups in total. The Bertz CT molecular complexity index is 58.0. The highest BCUT2D eigenvalue weighted by molar-refractivity contribution is 5.02. The average molecular weight is 200 g/mol. The van der Waals surface area contributed by atoms with Gasteiger partial charge in [-0.2, -0.15) is 0 Å². The molecule has 1 aliphatic carbocycles. The lowest BCUT2D eigenvalue weighted by Crippen LogP contribution is -1.66. The minimum absolute atomic E-state index is 1.14. The monoisotopic (exact) mass is 200 g/mol. The van der Waals surface area contributed by atoms with Gasteiger partial charge in [0.25, 0.3) is 0 Å². The van der Waals surface area contributed by atoms with Crippen LogP contribution in [-0.4, -0.2) is 0 Å². The molecule has 0 aromatic carbocycles. The van der Waals surface area contributed by atoms with E-state index in [0.29, 0.717) is 0 Å². The van der Waals surface area contributed by atoms with E-state index in [9.17, 15) is 0 Å². The van der Waals surface area contributed by atoms with E-state index in [-0.39, 0.29) is 0 Å². The third-order valence-electron chi connectivity index (χ3n) is 0.878. The van der Waals surface area contributed by atoms with E-state index in [1.165, 1.54) is 0 Å². The van der Waals surface area contributed by atoms with Gasteiger partial charge in [-0.3, -0.25) is 0 Å². The first-order valence-electron chi connectivity index (χ1n) is 6.30. The quantitative estimate of drug-likeness (QED) is 0.421. The van der Waals surface area contributed by atoms with Crippen LogP contribution in [0.3, 0.4) is 0 Å². The van der Waals surface area contributed by atoms with Crippen molar-refractivity contribution in [2.75, 3.05) is 0 Å². The van der Waals surface area contributed by atoms with Crippen molar-refractivity contribution in [3.8, 4) is 0 Å². The van der Waals surface area contributed by atoms with Gasteiger partial charge in [0.05, 0.1) is 0 Å². The minimum Gasteiger partial charge on any atom is -0.0844 e. The Hall–Kier alpha value is -0.520. The Morgan fingerprint density at radius 3 is 0.643 bits per heavy atom. The summed E-state index contributed by atoms with van der Waals surface area (Å²) in [6.07, 6.45) is 11.0. The lowest BCUT2D eigenvalue weighted by molar-refractivity contribution is 1.23. The Morgan fingerprint density at radius 2 is 0.571 bits per heavy atom. The van der Waals surface area contributed by atoms with E-state index in [2.05, 4.69) is 24.3 Å². The molecule has 0 fully saturated rings. The summed E-state index contributed by atoms with van der Waals surface area (Å²) in [7, 11) is 0. The van der Waals surface area contributed by atoms with Crippen LogP contribution in [0.2, 0.25) is 0 Å². The molecule has 88 valence electrons. The van der Waals surface area contributed by atoms with Gasteiger partial charge in [-0.15, -0.1) is 0 Å². The fraction of sp³-hybridized carbons (Fsp3) is 0.714. The molecule has 0 unspecified atom stereocenters. The number of rotatable bonds is 0. The molecule has 0 bridgehead atoms. The molecule has 0 radical (unpaired) electrons. The zero-order valence-electron chi connectivity index (χ0n) is 11.7. The zero-order valence-corrected chi connectivity index (χ0v) is 11.7. The van der Waals surface area contributed by atoms with Crippen molar-refractivity contribution < 1.29 is 0 Å². The van der Waals surface area contributed by atoms with Gasteiger partial charge in [-0.05, 0) is 12.8 Å². The summed E-state index contributed by atoms with van der Waals surface area (Å²) in [5.74, 6) is 0. The standard InChI is InChI=1S/C6H8.4C2H6/c1-2-4-6-5-3-1;4*1-2/h1-2,5-6H,3-4H2;4*1-2H3. The highest BCUT2D eigenvalue weighted by Crippen LogP contribution is 1.97. The lowest BCUT2D eigenvalue weighted by atomic mass is 10.2. The van der Waals surface area contributed by atoms with Crippen LogP contribution in [0.4, 0.5) is 0 Å². The van der Waals surface area contributed by atoms with Crippen LogP contribution < -0.4 is 0 Å². The van der Waals surface area contributed by atoms with Crippen molar-refractivity contribution in [1.29, 1.82) is 0 Å². The number of hydrogen-bond donors (Lipinski definition) is 0. The molecule has 0 spiro atoms. The molecule has 14 heavy (non-hydrogen) atoms. The predicted octanol–water partition coefficient (Wildman–Crippen LogP) is 6.00. The van der Waals surface area contributed by atoms with Gasteiger partial charge >= 0.3 is 0 Å². The van der Waals surface area contributed by atoms with E-state index >= 15 is 0 Å². The summed E-state index contributed by atoms with van der Waals surface area (Å²) < 4.78 is 0. The maximum Gasteiger partial charge on any atom is -0.0169 e. The highest BCUT2D eigenvalue weighted by atomic mass is 13.8. The second-order valence-electron chi connectivity index (χ2n) is 1.41. The predicted molar refractivity (Wildman–Crippen MR) is 72.9 cm³/mol. The summed E-state index contributed by atoms with van der Waals surface area (Å²) in [6, 6.07) is 0. The largest absolute Gasteiger partial charge is 0.0844 e. The molecule has 0 amide bonds. The number of hydrogen-bond acceptors (Lipinski definition) is 0. The summed E-state index contributed by atoms with van der Waals surface area (Å²) in [4.78, 5) is 0. The lowest BCUT2D eigenvalue weighted by Gasteiger charge is -1.87. The van der Waals surface area contributed by atoms with Gasteiger partial charge in [-0.1, -0.05) is 79.7 Å². The molecule has 0 heteroatoms. The smallest absolute Gasteiger partial charge is 0.0169 e. The molecule has 0 aliphatic heterocycles. The van der Waals surface area contributed by atoms with Gasteiger partial charge in [0.1, 0.15) is 0 Å². The van der Waals surface area contributed by atoms with Crippen LogP contribution >= 0.6 is 0 Å². The fourth-order valence-corrected chi connectivity index (χ4v) is 0.542. The third-order valence-corrected chi connectivity index (χ3v) is 0.878. The first-order valence-corrected chi connectivity index (χ1v) is 6.30. The first kappa shape index (κ1) is 23.4. The van der Waals surface area contributed by atoms with Crippen molar-refractivity contribution in [3.05, 3.63) is 24.3 Å². The van der Waals surface area contributed by atoms with Crippen molar-refractivity contribution in [2.45, 2.75) is 68.2 Å². The van der Waals surface area contributed by atoms with Gasteiger partial charge in [0.15, 0.2) is 0 Å². The van der Waals surface area contributed by atoms with Crippen molar-refractivity contribution in [1.82, 2.24) is 0 Å². The normalized spacial score (nSPS) is 9.71. The molecule has 0 aromatic rings. The molecule has 0 nitrogen and oxygen atoms in total. The summed E-state index contributed by atoms with van der Waals surface area (Å²) in [6.45, 7) is 16.0. The van der Waals surface area contributed by atoms with Crippen molar-refractivity contribution >= 4 is 0 Å². The van der Waals surface area contributed by atoms with E-state index in [1.54, 1.807) is 0 Å². The Labute approximate surface area is 93.1 Å². The first-order chi connectivity index (χ1) is 7.00. The van der Waals surface area contributed by atoms with Crippen LogP contribution in [0.5, 0.6) is 0 Å². The Morgan fingerprint density at radius 1 is 0.429 bits per heavy atom. The maximum atomic E-state index is 2.18. The van der Waals surface area contributed by atoms with Crippen molar-refractivity contribution in [2.24, 2.45) is 0 Å². The third kappa shape index (κ3) is 42.0. The summed E-state index contributed by atoms with van der Waals surface area (Å²) >= 11 is 0. The molecule has 0 saturated heterocycles. The van der Waals surface area contributed by atoms with Crippen LogP contribution in [0, 0.1) is 0 Å². The molecule has 1 aliphatic rings. The molecule has 0 heterocycles. The average Bonchev–Trinajstić information content (AvgIpc) is 2.41. The van der Waals surface area contributed by atoms with E-state index < -0.39 is 0 Å². The van der Waals surface area contributed by atoms with Crippen LogP contribution in [0.25, 0.3) is 0 Å². The van der Waals surface area contributed by atoms with Gasteiger partial charge in [0.2, 0.25) is 0 Å². The topological polar surface area (TPSA) is 0 Å². The van der Waals surface area contributed by atoms with Crippen molar-refractivity contribution in [3.63, 3.8) is 0 Å². The SMILES string of the molecule is C1=CCC=CC1.CC.CC.CC.CC. The van der Waals surface area contributed by atoms with E-state index in [1.807, 2.05) is 55.4 Å². The van der Waals surface area contributed by atoms with Crippen LogP contribution in [0.1, 0.15) is 68.2 Å². The Kier molecular flexibility index (Phi) is 91.4. The molecular weight excluding hydrogens is 168 g/mol. The zero-order chi connectivity index (χ0) is 12.2. The van der Waals surface area contributed by atoms with E-state index in [4.69, 9.17) is 0 Å². The van der Waals surface area contributed by atoms with Gasteiger partial charge in [-0.25, -0.2) is 0 Å². The second kappa shape index (κ2) is 54.8. The number of allylic oxidation sites excluding steroid dienone is 4. The van der Waals surface area contributed by atoms with Crippen LogP contribution in [-0.2, 0) is 0 Å². The molecule has 0 saturated carbocycles.